The molecule has 0 aliphatic heterocycles. The van der Waals surface area contributed by atoms with Gasteiger partial charge in [-0.15, -0.1) is 0 Å². The highest BCUT2D eigenvalue weighted by atomic mass is 16.5. The Bertz CT molecular complexity index is 1030. The van der Waals surface area contributed by atoms with Crippen molar-refractivity contribution in [3.8, 4) is 28.3 Å². The van der Waals surface area contributed by atoms with Gasteiger partial charge >= 0.3 is 0 Å². The van der Waals surface area contributed by atoms with E-state index < -0.39 is 0 Å². The molecule has 2 aromatic heterocycles. The third-order valence-corrected chi connectivity index (χ3v) is 4.32. The summed E-state index contributed by atoms with van der Waals surface area (Å²) < 4.78 is 5.28. The summed E-state index contributed by atoms with van der Waals surface area (Å²) in [5.74, 6) is 0.829. The monoisotopic (exact) mass is 331 g/mol. The van der Waals surface area contributed by atoms with Gasteiger partial charge in [-0.05, 0) is 35.0 Å². The van der Waals surface area contributed by atoms with Crippen molar-refractivity contribution in [2.45, 2.75) is 6.61 Å². The molecule has 2 aromatic carbocycles. The number of aliphatic hydroxyl groups excluding tert-OH is 1. The molecule has 0 amide bonds. The predicted octanol–water partition coefficient (Wildman–Crippen LogP) is 3.79. The fourth-order valence-corrected chi connectivity index (χ4v) is 3.05. The van der Waals surface area contributed by atoms with Crippen molar-refractivity contribution < 1.29 is 9.84 Å². The molecule has 0 aliphatic carbocycles. The van der Waals surface area contributed by atoms with Crippen molar-refractivity contribution in [3.05, 3.63) is 66.7 Å². The van der Waals surface area contributed by atoms with E-state index in [0.717, 1.165) is 44.6 Å². The first kappa shape index (κ1) is 15.4. The summed E-state index contributed by atoms with van der Waals surface area (Å²) in [6.45, 7) is -0.0990. The van der Waals surface area contributed by atoms with E-state index in [4.69, 9.17) is 4.74 Å². The van der Waals surface area contributed by atoms with Crippen LogP contribution in [0.5, 0.6) is 5.75 Å². The average molecular weight is 331 g/mol. The van der Waals surface area contributed by atoms with Crippen molar-refractivity contribution in [1.29, 1.82) is 0 Å². The summed E-state index contributed by atoms with van der Waals surface area (Å²) in [6.07, 6.45) is 5.12. The number of hydrogen-bond donors (Lipinski definition) is 2. The second-order valence-corrected chi connectivity index (χ2v) is 5.74. The summed E-state index contributed by atoms with van der Waals surface area (Å²) >= 11 is 0. The standard InChI is InChI=1S/C20H17N3O2/c1-25-16-5-4-13-8-15(3-2-14(13)9-16)20-18(11-24)17(6-7-22-20)19-10-21-12-23-19/h2-10,12,24H,11H2,1H3,(H,21,23). The van der Waals surface area contributed by atoms with Gasteiger partial charge in [0.2, 0.25) is 0 Å². The first-order valence-corrected chi connectivity index (χ1v) is 7.96. The molecule has 0 fully saturated rings. The zero-order chi connectivity index (χ0) is 17.2. The number of benzene rings is 2. The fraction of sp³-hybridized carbons (Fsp3) is 0.100. The summed E-state index contributed by atoms with van der Waals surface area (Å²) in [4.78, 5) is 11.7. The number of methoxy groups -OCH3 is 1. The quantitative estimate of drug-likeness (QED) is 0.597. The Balaban J connectivity index is 1.87. The minimum absolute atomic E-state index is 0.0990. The number of rotatable bonds is 4. The van der Waals surface area contributed by atoms with E-state index in [1.807, 2.05) is 36.4 Å². The third kappa shape index (κ3) is 2.75. The summed E-state index contributed by atoms with van der Waals surface area (Å²) in [5, 5.41) is 12.1. The van der Waals surface area contributed by atoms with Crippen LogP contribution in [0.1, 0.15) is 5.56 Å². The van der Waals surface area contributed by atoms with Gasteiger partial charge in [0, 0.05) is 22.9 Å². The fourth-order valence-electron chi connectivity index (χ4n) is 3.05. The van der Waals surface area contributed by atoms with Gasteiger partial charge in [-0.3, -0.25) is 4.98 Å². The molecule has 0 radical (unpaired) electrons. The SMILES string of the molecule is COc1ccc2cc(-c3nccc(-c4cnc[nH]4)c3CO)ccc2c1. The third-order valence-electron chi connectivity index (χ3n) is 4.32. The molecule has 4 rings (SSSR count). The van der Waals surface area contributed by atoms with Crippen LogP contribution in [-0.2, 0) is 6.61 Å². The Morgan fingerprint density at radius 1 is 1.08 bits per heavy atom. The lowest BCUT2D eigenvalue weighted by molar-refractivity contribution is 0.282. The normalized spacial score (nSPS) is 11.0. The van der Waals surface area contributed by atoms with E-state index in [9.17, 15) is 5.11 Å². The zero-order valence-corrected chi connectivity index (χ0v) is 13.7. The van der Waals surface area contributed by atoms with Crippen LogP contribution < -0.4 is 4.74 Å². The maximum Gasteiger partial charge on any atom is 0.119 e. The number of H-pyrrole nitrogens is 1. The van der Waals surface area contributed by atoms with Crippen LogP contribution in [0.3, 0.4) is 0 Å². The van der Waals surface area contributed by atoms with Crippen molar-refractivity contribution in [3.63, 3.8) is 0 Å². The van der Waals surface area contributed by atoms with E-state index >= 15 is 0 Å². The lowest BCUT2D eigenvalue weighted by atomic mass is 9.98. The maximum absolute atomic E-state index is 9.95. The summed E-state index contributed by atoms with van der Waals surface area (Å²) in [6, 6.07) is 14.0. The summed E-state index contributed by atoms with van der Waals surface area (Å²) in [7, 11) is 1.66. The van der Waals surface area contributed by atoms with Crippen molar-refractivity contribution in [1.82, 2.24) is 15.0 Å². The van der Waals surface area contributed by atoms with E-state index in [2.05, 4.69) is 21.0 Å². The smallest absolute Gasteiger partial charge is 0.119 e. The van der Waals surface area contributed by atoms with Crippen LogP contribution in [0.4, 0.5) is 0 Å². The Morgan fingerprint density at radius 2 is 1.92 bits per heavy atom. The van der Waals surface area contributed by atoms with Gasteiger partial charge in [0.15, 0.2) is 0 Å². The minimum Gasteiger partial charge on any atom is -0.497 e. The predicted molar refractivity (Wildman–Crippen MR) is 97.2 cm³/mol. The number of pyridine rings is 1. The van der Waals surface area contributed by atoms with Gasteiger partial charge in [-0.1, -0.05) is 18.2 Å². The first-order chi connectivity index (χ1) is 12.3. The second-order valence-electron chi connectivity index (χ2n) is 5.74. The van der Waals surface area contributed by atoms with Crippen molar-refractivity contribution in [2.24, 2.45) is 0 Å². The number of hydrogen-bond acceptors (Lipinski definition) is 4. The highest BCUT2D eigenvalue weighted by molar-refractivity contribution is 5.89. The molecule has 0 atom stereocenters. The number of fused-ring (bicyclic) bond motifs is 1. The van der Waals surface area contributed by atoms with E-state index in [1.54, 1.807) is 25.8 Å². The molecule has 0 saturated heterocycles. The van der Waals surface area contributed by atoms with Crippen LogP contribution in [0.15, 0.2) is 61.2 Å². The Hall–Kier alpha value is -3.18. The molecule has 25 heavy (non-hydrogen) atoms. The van der Waals surface area contributed by atoms with Gasteiger partial charge in [-0.2, -0.15) is 0 Å². The van der Waals surface area contributed by atoms with Gasteiger partial charge in [-0.25, -0.2) is 4.98 Å². The number of aromatic amines is 1. The molecular formula is C20H17N3O2. The van der Waals surface area contributed by atoms with Crippen molar-refractivity contribution >= 4 is 10.8 Å². The molecule has 0 unspecified atom stereocenters. The molecule has 5 heteroatoms. The average Bonchev–Trinajstić information content (AvgIpc) is 3.21. The van der Waals surface area contributed by atoms with Gasteiger partial charge in [0.25, 0.3) is 0 Å². The van der Waals surface area contributed by atoms with Gasteiger partial charge in [0.05, 0.1) is 37.6 Å². The number of nitrogens with one attached hydrogen (secondary N) is 1. The molecule has 0 bridgehead atoms. The van der Waals surface area contributed by atoms with Crippen molar-refractivity contribution in [2.75, 3.05) is 7.11 Å². The first-order valence-electron chi connectivity index (χ1n) is 7.96. The van der Waals surface area contributed by atoms with Gasteiger partial charge in [0.1, 0.15) is 5.75 Å². The second kappa shape index (κ2) is 6.37. The van der Waals surface area contributed by atoms with E-state index in [-0.39, 0.29) is 6.61 Å². The largest absolute Gasteiger partial charge is 0.497 e. The van der Waals surface area contributed by atoms with Crippen LogP contribution in [0, 0.1) is 0 Å². The topological polar surface area (TPSA) is 71.0 Å². The highest BCUT2D eigenvalue weighted by Crippen LogP contribution is 2.32. The van der Waals surface area contributed by atoms with Crippen LogP contribution in [0.25, 0.3) is 33.3 Å². The molecule has 5 nitrogen and oxygen atoms in total. The van der Waals surface area contributed by atoms with Crippen LogP contribution >= 0.6 is 0 Å². The molecule has 2 heterocycles. The van der Waals surface area contributed by atoms with Crippen LogP contribution in [-0.4, -0.2) is 27.2 Å². The minimum atomic E-state index is -0.0990. The molecule has 124 valence electrons. The summed E-state index contributed by atoms with van der Waals surface area (Å²) in [5.41, 5.74) is 4.27. The Kier molecular flexibility index (Phi) is 3.91. The Labute approximate surface area is 145 Å². The van der Waals surface area contributed by atoms with E-state index in [0.29, 0.717) is 0 Å². The van der Waals surface area contributed by atoms with Crippen LogP contribution in [0.2, 0.25) is 0 Å². The molecule has 0 aliphatic rings. The van der Waals surface area contributed by atoms with Gasteiger partial charge < -0.3 is 14.8 Å². The zero-order valence-electron chi connectivity index (χ0n) is 13.7. The lowest BCUT2D eigenvalue weighted by Crippen LogP contribution is -1.97. The highest BCUT2D eigenvalue weighted by Gasteiger charge is 2.13. The number of ether oxygens (including phenoxy) is 1. The molecule has 2 N–H and O–H groups in total. The number of aromatic nitrogens is 3. The van der Waals surface area contributed by atoms with E-state index in [1.165, 1.54) is 0 Å². The number of nitrogens with zero attached hydrogens (tertiary/aromatic N) is 2. The molecular weight excluding hydrogens is 314 g/mol. The molecule has 4 aromatic rings. The Morgan fingerprint density at radius 3 is 2.68 bits per heavy atom. The number of aliphatic hydroxyl groups is 1. The molecule has 0 saturated carbocycles. The maximum atomic E-state index is 9.95. The lowest BCUT2D eigenvalue weighted by Gasteiger charge is -2.12. The molecule has 0 spiro atoms. The number of imidazole rings is 1.